The summed E-state index contributed by atoms with van der Waals surface area (Å²) in [5, 5.41) is 9.45. The summed E-state index contributed by atoms with van der Waals surface area (Å²) in [5.41, 5.74) is 1.20. The van der Waals surface area contributed by atoms with Crippen molar-refractivity contribution in [2.24, 2.45) is 0 Å². The minimum absolute atomic E-state index is 0.0331. The second-order valence-electron chi connectivity index (χ2n) is 8.09. The second kappa shape index (κ2) is 9.26. The molecule has 2 aliphatic rings. The molecule has 2 aromatic rings. The number of H-pyrrole nitrogens is 1. The Hall–Kier alpha value is -2.61. The van der Waals surface area contributed by atoms with Crippen LogP contribution in [0.2, 0.25) is 0 Å². The summed E-state index contributed by atoms with van der Waals surface area (Å²) in [6.07, 6.45) is 6.19. The first-order valence-electron chi connectivity index (χ1n) is 10.6. The fraction of sp³-hybridized carbons (Fsp3) is 0.571. The number of aromatic nitrogens is 3. The third-order valence-corrected chi connectivity index (χ3v) is 6.20. The van der Waals surface area contributed by atoms with Gasteiger partial charge in [-0.2, -0.15) is 5.10 Å². The summed E-state index contributed by atoms with van der Waals surface area (Å²) in [6.45, 7) is 4.48. The molecule has 0 radical (unpaired) electrons. The minimum Gasteiger partial charge on any atom is -0.335 e. The summed E-state index contributed by atoms with van der Waals surface area (Å²) in [4.78, 5) is 28.7. The monoisotopic (exact) mass is 398 g/mol. The van der Waals surface area contributed by atoms with Crippen molar-refractivity contribution in [3.63, 3.8) is 0 Å². The molecule has 0 bridgehead atoms. The van der Waals surface area contributed by atoms with E-state index in [4.69, 9.17) is 0 Å². The van der Waals surface area contributed by atoms with Gasteiger partial charge in [0.1, 0.15) is 6.33 Å². The highest BCUT2D eigenvalue weighted by Crippen LogP contribution is 2.21. The summed E-state index contributed by atoms with van der Waals surface area (Å²) in [6, 6.07) is 11.0. The number of likely N-dealkylation sites (tertiary alicyclic amines) is 2. The SMILES string of the molecule is O=C(NC1CCN(CCc2ccccc2)CC1)N1CCC(n2cn[nH]c2=O)CC1. The van der Waals surface area contributed by atoms with Gasteiger partial charge in [-0.05, 0) is 37.7 Å². The van der Waals surface area contributed by atoms with E-state index in [2.05, 4.69) is 50.7 Å². The average Bonchev–Trinajstić information content (AvgIpc) is 3.20. The quantitative estimate of drug-likeness (QED) is 0.802. The first-order valence-corrected chi connectivity index (χ1v) is 10.6. The molecule has 2 fully saturated rings. The Bertz CT molecular complexity index is 832. The zero-order valence-corrected chi connectivity index (χ0v) is 16.8. The van der Waals surface area contributed by atoms with Crippen LogP contribution in [0.5, 0.6) is 0 Å². The number of carbonyl (C=O) groups is 1. The number of rotatable bonds is 5. The van der Waals surface area contributed by atoms with Gasteiger partial charge in [-0.25, -0.2) is 14.7 Å². The van der Waals surface area contributed by atoms with Gasteiger partial charge in [-0.15, -0.1) is 0 Å². The predicted octanol–water partition coefficient (Wildman–Crippen LogP) is 1.62. The van der Waals surface area contributed by atoms with E-state index in [1.807, 2.05) is 4.90 Å². The van der Waals surface area contributed by atoms with Crippen LogP contribution in [0, 0.1) is 0 Å². The van der Waals surface area contributed by atoms with E-state index in [-0.39, 0.29) is 23.8 Å². The average molecular weight is 399 g/mol. The van der Waals surface area contributed by atoms with Gasteiger partial charge in [0.15, 0.2) is 0 Å². The molecular weight excluding hydrogens is 368 g/mol. The summed E-state index contributed by atoms with van der Waals surface area (Å²) >= 11 is 0. The van der Waals surface area contributed by atoms with Gasteiger partial charge in [-0.3, -0.25) is 4.57 Å². The first kappa shape index (κ1) is 19.7. The Kier molecular flexibility index (Phi) is 6.29. The molecule has 1 aromatic heterocycles. The topological polar surface area (TPSA) is 86.3 Å². The van der Waals surface area contributed by atoms with E-state index in [1.54, 1.807) is 10.9 Å². The number of urea groups is 1. The van der Waals surface area contributed by atoms with E-state index in [0.717, 1.165) is 51.7 Å². The van der Waals surface area contributed by atoms with Gasteiger partial charge in [0.05, 0.1) is 0 Å². The second-order valence-corrected chi connectivity index (χ2v) is 8.09. The lowest BCUT2D eigenvalue weighted by atomic mass is 10.0. The summed E-state index contributed by atoms with van der Waals surface area (Å²) < 4.78 is 1.64. The van der Waals surface area contributed by atoms with Gasteiger partial charge in [0.25, 0.3) is 0 Å². The smallest absolute Gasteiger partial charge is 0.335 e. The number of aromatic amines is 1. The van der Waals surface area contributed by atoms with Crippen molar-refractivity contribution in [3.05, 3.63) is 52.7 Å². The van der Waals surface area contributed by atoms with Crippen LogP contribution < -0.4 is 11.0 Å². The predicted molar refractivity (Wildman–Crippen MR) is 111 cm³/mol. The van der Waals surface area contributed by atoms with Gasteiger partial charge < -0.3 is 15.1 Å². The molecule has 1 aromatic carbocycles. The van der Waals surface area contributed by atoms with Crippen molar-refractivity contribution < 1.29 is 4.79 Å². The van der Waals surface area contributed by atoms with Crippen molar-refractivity contribution >= 4 is 6.03 Å². The molecular formula is C21H30N6O2. The Balaban J connectivity index is 1.17. The molecule has 8 nitrogen and oxygen atoms in total. The highest BCUT2D eigenvalue weighted by atomic mass is 16.2. The number of benzene rings is 1. The molecule has 2 saturated heterocycles. The molecule has 8 heteroatoms. The minimum atomic E-state index is -0.174. The lowest BCUT2D eigenvalue weighted by Gasteiger charge is -2.36. The third-order valence-electron chi connectivity index (χ3n) is 6.20. The fourth-order valence-corrected chi connectivity index (χ4v) is 4.36. The van der Waals surface area contributed by atoms with Crippen molar-refractivity contribution in [2.75, 3.05) is 32.7 Å². The largest absolute Gasteiger partial charge is 0.343 e. The molecule has 3 heterocycles. The number of hydrogen-bond donors (Lipinski definition) is 2. The Morgan fingerprint density at radius 2 is 1.79 bits per heavy atom. The van der Waals surface area contributed by atoms with Crippen molar-refractivity contribution in [2.45, 2.75) is 44.2 Å². The van der Waals surface area contributed by atoms with Crippen molar-refractivity contribution in [3.8, 4) is 0 Å². The van der Waals surface area contributed by atoms with Crippen LogP contribution in [0.15, 0.2) is 41.5 Å². The van der Waals surface area contributed by atoms with Crippen LogP contribution in [-0.4, -0.2) is 69.4 Å². The maximum absolute atomic E-state index is 12.6. The van der Waals surface area contributed by atoms with E-state index in [0.29, 0.717) is 13.1 Å². The number of amides is 2. The van der Waals surface area contributed by atoms with E-state index < -0.39 is 0 Å². The van der Waals surface area contributed by atoms with Gasteiger partial charge in [0, 0.05) is 44.8 Å². The molecule has 0 unspecified atom stereocenters. The molecule has 2 amide bonds. The van der Waals surface area contributed by atoms with Crippen LogP contribution >= 0.6 is 0 Å². The van der Waals surface area contributed by atoms with Crippen molar-refractivity contribution in [1.29, 1.82) is 0 Å². The molecule has 2 N–H and O–H groups in total. The molecule has 0 atom stereocenters. The number of carbonyl (C=O) groups excluding carboxylic acids is 1. The molecule has 2 aliphatic heterocycles. The molecule has 156 valence electrons. The van der Waals surface area contributed by atoms with Crippen LogP contribution in [0.25, 0.3) is 0 Å². The lowest BCUT2D eigenvalue weighted by Crippen LogP contribution is -2.51. The zero-order chi connectivity index (χ0) is 20.1. The molecule has 29 heavy (non-hydrogen) atoms. The first-order chi connectivity index (χ1) is 14.2. The Labute approximate surface area is 170 Å². The maximum atomic E-state index is 12.6. The summed E-state index contributed by atoms with van der Waals surface area (Å²) in [7, 11) is 0. The summed E-state index contributed by atoms with van der Waals surface area (Å²) in [5.74, 6) is 0. The number of nitrogens with one attached hydrogen (secondary N) is 2. The maximum Gasteiger partial charge on any atom is 0.343 e. The molecule has 0 saturated carbocycles. The highest BCUT2D eigenvalue weighted by molar-refractivity contribution is 5.74. The Morgan fingerprint density at radius 3 is 2.45 bits per heavy atom. The van der Waals surface area contributed by atoms with Crippen LogP contribution in [0.1, 0.15) is 37.3 Å². The van der Waals surface area contributed by atoms with Crippen LogP contribution in [0.3, 0.4) is 0 Å². The van der Waals surface area contributed by atoms with Gasteiger partial charge in [0.2, 0.25) is 0 Å². The molecule has 0 spiro atoms. The van der Waals surface area contributed by atoms with Gasteiger partial charge >= 0.3 is 11.7 Å². The Morgan fingerprint density at radius 1 is 1.07 bits per heavy atom. The van der Waals surface area contributed by atoms with Crippen molar-refractivity contribution in [1.82, 2.24) is 29.9 Å². The fourth-order valence-electron chi connectivity index (χ4n) is 4.36. The van der Waals surface area contributed by atoms with E-state index in [1.165, 1.54) is 5.56 Å². The standard InChI is InChI=1S/C21H30N6O2/c28-20(26-14-9-19(10-15-26)27-16-22-24-21(27)29)23-18-7-12-25(13-8-18)11-6-17-4-2-1-3-5-17/h1-5,16,18-19H,6-15H2,(H,23,28)(H,24,29). The highest BCUT2D eigenvalue weighted by Gasteiger charge is 2.27. The van der Waals surface area contributed by atoms with E-state index in [9.17, 15) is 9.59 Å². The lowest BCUT2D eigenvalue weighted by molar-refractivity contribution is 0.155. The third kappa shape index (κ3) is 5.06. The number of nitrogens with zero attached hydrogens (tertiary/aromatic N) is 4. The molecule has 4 rings (SSSR count). The zero-order valence-electron chi connectivity index (χ0n) is 16.8. The van der Waals surface area contributed by atoms with Gasteiger partial charge in [-0.1, -0.05) is 30.3 Å². The van der Waals surface area contributed by atoms with Crippen LogP contribution in [-0.2, 0) is 6.42 Å². The number of hydrogen-bond acceptors (Lipinski definition) is 4. The number of piperidine rings is 2. The van der Waals surface area contributed by atoms with E-state index >= 15 is 0 Å². The van der Waals surface area contributed by atoms with Crippen LogP contribution in [0.4, 0.5) is 4.79 Å². The molecule has 0 aliphatic carbocycles. The normalized spacial score (nSPS) is 19.4.